The summed E-state index contributed by atoms with van der Waals surface area (Å²) in [5.41, 5.74) is 2.40. The number of hydrogen-bond donors (Lipinski definition) is 0. The second-order valence-corrected chi connectivity index (χ2v) is 12.3. The van der Waals surface area contributed by atoms with Crippen LogP contribution in [0.5, 0.6) is 0 Å². The fraction of sp³-hybridized carbons (Fsp3) is 0. The molecule has 0 radical (unpaired) electrons. The highest BCUT2D eigenvalue weighted by Crippen LogP contribution is 2.34. The average Bonchev–Trinajstić information content (AvgIpc) is 3.77. The highest BCUT2D eigenvalue weighted by molar-refractivity contribution is 7.23. The molecule has 182 valence electrons. The average molecular weight is 563 g/mol. The summed E-state index contributed by atoms with van der Waals surface area (Å²) in [6.07, 6.45) is 0. The Bertz CT molecular complexity index is 1670. The van der Waals surface area contributed by atoms with Crippen molar-refractivity contribution in [3.05, 3.63) is 140 Å². The molecule has 4 aromatic heterocycles. The zero-order chi connectivity index (χ0) is 25.9. The van der Waals surface area contributed by atoms with Gasteiger partial charge in [-0.25, -0.2) is 0 Å². The molecule has 0 aliphatic heterocycles. The van der Waals surface area contributed by atoms with Crippen LogP contribution in [0.25, 0.3) is 19.5 Å². The van der Waals surface area contributed by atoms with E-state index >= 15 is 0 Å². The molecule has 0 saturated heterocycles. The molecule has 0 N–H and O–H groups in total. The third-order valence-electron chi connectivity index (χ3n) is 5.86. The van der Waals surface area contributed by atoms with Gasteiger partial charge in [-0.05, 0) is 71.4 Å². The third-order valence-corrected chi connectivity index (χ3v) is 10.2. The molecule has 6 heteroatoms. The Morgan fingerprint density at radius 2 is 0.921 bits per heavy atom. The summed E-state index contributed by atoms with van der Waals surface area (Å²) in [7, 11) is 0. The van der Waals surface area contributed by atoms with Crippen molar-refractivity contribution in [1.82, 2.24) is 0 Å². The van der Waals surface area contributed by atoms with Crippen molar-refractivity contribution in [2.24, 2.45) is 0 Å². The summed E-state index contributed by atoms with van der Waals surface area (Å²) in [4.78, 5) is 32.6. The lowest BCUT2D eigenvalue weighted by Crippen LogP contribution is -2.03. The van der Waals surface area contributed by atoms with Gasteiger partial charge in [0, 0.05) is 41.8 Å². The molecule has 0 amide bonds. The van der Waals surface area contributed by atoms with Gasteiger partial charge in [0.15, 0.2) is 0 Å². The van der Waals surface area contributed by atoms with E-state index in [2.05, 4.69) is 24.0 Å². The molecular weight excluding hydrogens is 545 g/mol. The summed E-state index contributed by atoms with van der Waals surface area (Å²) in [6.45, 7) is 0. The van der Waals surface area contributed by atoms with E-state index in [9.17, 15) is 9.59 Å². The van der Waals surface area contributed by atoms with E-state index in [0.29, 0.717) is 32.0 Å². The van der Waals surface area contributed by atoms with Gasteiger partial charge in [0.25, 0.3) is 0 Å². The van der Waals surface area contributed by atoms with E-state index in [-0.39, 0.29) is 11.6 Å². The van der Waals surface area contributed by atoms with E-state index in [1.807, 2.05) is 95.7 Å². The maximum Gasteiger partial charge on any atom is 0.204 e. The van der Waals surface area contributed by atoms with Crippen LogP contribution in [0.1, 0.15) is 41.6 Å². The molecular formula is C32H18O2S4. The molecule has 0 bridgehead atoms. The van der Waals surface area contributed by atoms with Crippen LogP contribution in [-0.4, -0.2) is 11.6 Å². The first-order valence-corrected chi connectivity index (χ1v) is 15.1. The molecule has 6 aromatic rings. The van der Waals surface area contributed by atoms with E-state index in [0.717, 1.165) is 19.5 Å². The van der Waals surface area contributed by atoms with E-state index < -0.39 is 0 Å². The maximum absolute atomic E-state index is 13.4. The van der Waals surface area contributed by atoms with Crippen molar-refractivity contribution >= 4 is 56.9 Å². The van der Waals surface area contributed by atoms with Gasteiger partial charge >= 0.3 is 0 Å². The predicted molar refractivity (Wildman–Crippen MR) is 161 cm³/mol. The zero-order valence-corrected chi connectivity index (χ0v) is 23.1. The number of carbonyl (C=O) groups excluding carboxylic acids is 2. The lowest BCUT2D eigenvalue weighted by molar-refractivity contribution is 0.103. The normalized spacial score (nSPS) is 10.6. The van der Waals surface area contributed by atoms with Crippen LogP contribution in [0.2, 0.25) is 0 Å². The van der Waals surface area contributed by atoms with Gasteiger partial charge in [-0.1, -0.05) is 48.2 Å². The minimum atomic E-state index is -0.0493. The third kappa shape index (κ3) is 4.98. The number of benzene rings is 2. The van der Waals surface area contributed by atoms with E-state index in [1.165, 1.54) is 22.7 Å². The first-order chi connectivity index (χ1) is 18.7. The molecule has 0 unspecified atom stereocenters. The molecule has 0 saturated carbocycles. The Kier molecular flexibility index (Phi) is 7.00. The number of hydrogen-bond acceptors (Lipinski definition) is 6. The summed E-state index contributed by atoms with van der Waals surface area (Å²) in [5.74, 6) is 6.26. The van der Waals surface area contributed by atoms with Gasteiger partial charge < -0.3 is 0 Å². The number of carbonyl (C=O) groups is 2. The van der Waals surface area contributed by atoms with Crippen molar-refractivity contribution in [3.8, 4) is 31.3 Å². The first kappa shape index (κ1) is 24.5. The fourth-order valence-electron chi connectivity index (χ4n) is 4.00. The summed E-state index contributed by atoms with van der Waals surface area (Å²) < 4.78 is 0. The van der Waals surface area contributed by atoms with Crippen LogP contribution >= 0.6 is 45.3 Å². The second-order valence-electron chi connectivity index (χ2n) is 8.28. The van der Waals surface area contributed by atoms with Gasteiger partial charge in [0.1, 0.15) is 0 Å². The Hall–Kier alpha value is -3.86. The summed E-state index contributed by atoms with van der Waals surface area (Å²) in [6, 6.07) is 30.7. The van der Waals surface area contributed by atoms with Gasteiger partial charge in [-0.3, -0.25) is 9.59 Å². The fourth-order valence-corrected chi connectivity index (χ4v) is 7.59. The van der Waals surface area contributed by atoms with Gasteiger partial charge in [0.05, 0.1) is 9.75 Å². The number of ketones is 2. The van der Waals surface area contributed by atoms with Crippen molar-refractivity contribution in [3.63, 3.8) is 0 Å². The number of rotatable bonds is 6. The van der Waals surface area contributed by atoms with Crippen LogP contribution in [-0.2, 0) is 0 Å². The second kappa shape index (κ2) is 10.9. The van der Waals surface area contributed by atoms with Crippen molar-refractivity contribution in [1.29, 1.82) is 0 Å². The van der Waals surface area contributed by atoms with Gasteiger partial charge in [-0.2, -0.15) is 0 Å². The summed E-state index contributed by atoms with van der Waals surface area (Å²) >= 11 is 6.30. The Morgan fingerprint density at radius 3 is 1.34 bits per heavy atom. The van der Waals surface area contributed by atoms with E-state index in [4.69, 9.17) is 0 Å². The van der Waals surface area contributed by atoms with Crippen LogP contribution in [0, 0.1) is 11.8 Å². The van der Waals surface area contributed by atoms with Gasteiger partial charge in [0.2, 0.25) is 11.6 Å². The predicted octanol–water partition coefficient (Wildman–Crippen LogP) is 9.13. The molecule has 0 aliphatic carbocycles. The largest absolute Gasteiger partial charge is 0.288 e. The minimum absolute atomic E-state index is 0.0493. The number of thiophene rings is 4. The quantitative estimate of drug-likeness (QED) is 0.150. The molecule has 38 heavy (non-hydrogen) atoms. The van der Waals surface area contributed by atoms with Crippen molar-refractivity contribution in [2.45, 2.75) is 0 Å². The van der Waals surface area contributed by atoms with E-state index in [1.54, 1.807) is 22.7 Å². The SMILES string of the molecule is O=C(c1ccc(-c2cccs2)s1)c1ccccc1C#Cc1ccccc1C(=O)c1ccc(-c2cccs2)s1. The van der Waals surface area contributed by atoms with Crippen LogP contribution in [0.3, 0.4) is 0 Å². The lowest BCUT2D eigenvalue weighted by atomic mass is 10.0. The molecule has 4 heterocycles. The van der Waals surface area contributed by atoms with Crippen LogP contribution < -0.4 is 0 Å². The maximum atomic E-state index is 13.4. The smallest absolute Gasteiger partial charge is 0.204 e. The van der Waals surface area contributed by atoms with Crippen LogP contribution in [0.4, 0.5) is 0 Å². The van der Waals surface area contributed by atoms with Crippen molar-refractivity contribution in [2.75, 3.05) is 0 Å². The Morgan fingerprint density at radius 1 is 0.474 bits per heavy atom. The topological polar surface area (TPSA) is 34.1 Å². The minimum Gasteiger partial charge on any atom is -0.288 e. The molecule has 6 rings (SSSR count). The Labute approximate surface area is 236 Å². The van der Waals surface area contributed by atoms with Crippen molar-refractivity contribution < 1.29 is 9.59 Å². The zero-order valence-electron chi connectivity index (χ0n) is 19.8. The monoisotopic (exact) mass is 562 g/mol. The highest BCUT2D eigenvalue weighted by Gasteiger charge is 2.17. The molecule has 0 spiro atoms. The molecule has 2 nitrogen and oxygen atoms in total. The highest BCUT2D eigenvalue weighted by atomic mass is 32.1. The summed E-state index contributed by atoms with van der Waals surface area (Å²) in [5, 5.41) is 4.07. The van der Waals surface area contributed by atoms with Crippen LogP contribution in [0.15, 0.2) is 108 Å². The molecule has 0 aliphatic rings. The lowest BCUT2D eigenvalue weighted by Gasteiger charge is -2.03. The molecule has 0 fully saturated rings. The standard InChI is InChI=1S/C32H18O2S4/c33-31(29-17-15-27(37-29)25-11-5-19-35-25)23-9-3-1-7-21(23)13-14-22-8-2-4-10-24(22)32(34)30-18-16-28(38-30)26-12-6-20-36-26/h1-12,15-20H. The van der Waals surface area contributed by atoms with Gasteiger partial charge in [-0.15, -0.1) is 45.3 Å². The Balaban J connectivity index is 1.30. The molecule has 0 atom stereocenters. The first-order valence-electron chi connectivity index (χ1n) is 11.7. The molecule has 2 aromatic carbocycles.